The normalized spacial score (nSPS) is 11.0. The van der Waals surface area contributed by atoms with Gasteiger partial charge in [-0.2, -0.15) is 0 Å². The molecule has 0 spiro atoms. The highest BCUT2D eigenvalue weighted by molar-refractivity contribution is 5.94. The molecule has 0 aliphatic rings. The minimum absolute atomic E-state index is 0.158. The van der Waals surface area contributed by atoms with Crippen molar-refractivity contribution >= 4 is 16.8 Å². The molecular weight excluding hydrogens is 326 g/mol. The average molecular weight is 349 g/mol. The van der Waals surface area contributed by atoms with Gasteiger partial charge in [0.25, 0.3) is 5.91 Å². The molecular formula is C21H23N3O2. The number of H-pyrrole nitrogens is 1. The Bertz CT molecular complexity index is 978. The summed E-state index contributed by atoms with van der Waals surface area (Å²) in [5, 5.41) is 3.46. The van der Waals surface area contributed by atoms with E-state index in [0.717, 1.165) is 18.7 Å². The molecule has 0 atom stereocenters. The third kappa shape index (κ3) is 4.18. The van der Waals surface area contributed by atoms with Gasteiger partial charge in [-0.3, -0.25) is 9.59 Å². The Morgan fingerprint density at radius 1 is 1.08 bits per heavy atom. The number of benzene rings is 2. The van der Waals surface area contributed by atoms with Crippen molar-refractivity contribution in [3.05, 3.63) is 81.6 Å². The van der Waals surface area contributed by atoms with Crippen LogP contribution < -0.4 is 10.7 Å². The zero-order valence-corrected chi connectivity index (χ0v) is 15.1. The first-order chi connectivity index (χ1) is 12.6. The van der Waals surface area contributed by atoms with E-state index in [1.54, 1.807) is 18.2 Å². The summed E-state index contributed by atoms with van der Waals surface area (Å²) < 4.78 is 0. The SMILES string of the molecule is CCN(C)Cc1cccc(CNC(=O)c2cc(=O)c3ccccc3[nH]2)c1. The van der Waals surface area contributed by atoms with E-state index in [1.165, 1.54) is 11.6 Å². The Kier molecular flexibility index (Phi) is 5.49. The number of fused-ring (bicyclic) bond motifs is 1. The van der Waals surface area contributed by atoms with Crippen molar-refractivity contribution in [1.29, 1.82) is 0 Å². The molecule has 0 aliphatic carbocycles. The fraction of sp³-hybridized carbons (Fsp3) is 0.238. The van der Waals surface area contributed by atoms with Gasteiger partial charge in [0.1, 0.15) is 5.69 Å². The Labute approximate surface area is 152 Å². The van der Waals surface area contributed by atoms with E-state index in [2.05, 4.69) is 41.3 Å². The van der Waals surface area contributed by atoms with Gasteiger partial charge in [0, 0.05) is 30.1 Å². The first-order valence-electron chi connectivity index (χ1n) is 8.73. The minimum Gasteiger partial charge on any atom is -0.350 e. The summed E-state index contributed by atoms with van der Waals surface area (Å²) in [4.78, 5) is 29.8. The number of rotatable bonds is 6. The van der Waals surface area contributed by atoms with Crippen molar-refractivity contribution < 1.29 is 4.79 Å². The van der Waals surface area contributed by atoms with E-state index in [4.69, 9.17) is 0 Å². The van der Waals surface area contributed by atoms with E-state index in [0.29, 0.717) is 17.4 Å². The molecule has 0 bridgehead atoms. The predicted octanol–water partition coefficient (Wildman–Crippen LogP) is 2.91. The molecule has 1 aromatic heterocycles. The number of nitrogens with one attached hydrogen (secondary N) is 2. The Morgan fingerprint density at radius 3 is 2.65 bits per heavy atom. The molecule has 0 saturated carbocycles. The maximum atomic E-state index is 12.4. The summed E-state index contributed by atoms with van der Waals surface area (Å²) in [5.41, 5.74) is 3.02. The molecule has 1 amide bonds. The van der Waals surface area contributed by atoms with Crippen molar-refractivity contribution in [2.24, 2.45) is 0 Å². The van der Waals surface area contributed by atoms with Crippen LogP contribution in [0.5, 0.6) is 0 Å². The second-order valence-electron chi connectivity index (χ2n) is 6.43. The maximum Gasteiger partial charge on any atom is 0.268 e. The molecule has 5 heteroatoms. The summed E-state index contributed by atoms with van der Waals surface area (Å²) in [5.74, 6) is -0.288. The van der Waals surface area contributed by atoms with E-state index in [1.807, 2.05) is 18.2 Å². The Balaban J connectivity index is 1.71. The van der Waals surface area contributed by atoms with Gasteiger partial charge < -0.3 is 15.2 Å². The Morgan fingerprint density at radius 2 is 1.85 bits per heavy atom. The summed E-state index contributed by atoms with van der Waals surface area (Å²) >= 11 is 0. The third-order valence-corrected chi connectivity index (χ3v) is 4.42. The summed E-state index contributed by atoms with van der Waals surface area (Å²) in [7, 11) is 2.07. The maximum absolute atomic E-state index is 12.4. The van der Waals surface area contributed by atoms with Gasteiger partial charge in [-0.25, -0.2) is 0 Å². The van der Waals surface area contributed by atoms with Crippen molar-refractivity contribution in [2.75, 3.05) is 13.6 Å². The van der Waals surface area contributed by atoms with Gasteiger partial charge >= 0.3 is 0 Å². The van der Waals surface area contributed by atoms with Gasteiger partial charge in [0.2, 0.25) is 0 Å². The van der Waals surface area contributed by atoms with Gasteiger partial charge in [-0.15, -0.1) is 0 Å². The van der Waals surface area contributed by atoms with Gasteiger partial charge in [0.05, 0.1) is 0 Å². The second kappa shape index (κ2) is 7.97. The van der Waals surface area contributed by atoms with Crippen LogP contribution in [0.3, 0.4) is 0 Å². The van der Waals surface area contributed by atoms with Crippen LogP contribution in [0.2, 0.25) is 0 Å². The number of amides is 1. The summed E-state index contributed by atoms with van der Waals surface area (Å²) in [6.45, 7) is 4.39. The van der Waals surface area contributed by atoms with Crippen LogP contribution >= 0.6 is 0 Å². The van der Waals surface area contributed by atoms with Crippen LogP contribution in [0.1, 0.15) is 28.5 Å². The molecule has 134 valence electrons. The number of nitrogens with zero attached hydrogens (tertiary/aromatic N) is 1. The largest absolute Gasteiger partial charge is 0.350 e. The van der Waals surface area contributed by atoms with E-state index >= 15 is 0 Å². The minimum atomic E-state index is -0.288. The molecule has 3 aromatic rings. The van der Waals surface area contributed by atoms with Crippen molar-refractivity contribution in [2.45, 2.75) is 20.0 Å². The number of carbonyl (C=O) groups is 1. The lowest BCUT2D eigenvalue weighted by Gasteiger charge is -2.14. The first-order valence-corrected chi connectivity index (χ1v) is 8.73. The van der Waals surface area contributed by atoms with E-state index in [-0.39, 0.29) is 17.0 Å². The third-order valence-electron chi connectivity index (χ3n) is 4.42. The van der Waals surface area contributed by atoms with Crippen LogP contribution in [0.15, 0.2) is 59.4 Å². The lowest BCUT2D eigenvalue weighted by atomic mass is 10.1. The van der Waals surface area contributed by atoms with Crippen molar-refractivity contribution in [3.8, 4) is 0 Å². The average Bonchev–Trinajstić information content (AvgIpc) is 2.66. The standard InChI is InChI=1S/C21H23N3O2/c1-3-24(2)14-16-8-6-7-15(11-16)13-22-21(26)19-12-20(25)17-9-4-5-10-18(17)23-19/h4-12H,3,13-14H2,1-2H3,(H,22,26)(H,23,25). The number of pyridine rings is 1. The Hall–Kier alpha value is -2.92. The summed E-state index contributed by atoms with van der Waals surface area (Å²) in [6.07, 6.45) is 0. The molecule has 5 nitrogen and oxygen atoms in total. The van der Waals surface area contributed by atoms with Crippen LogP contribution in [0, 0.1) is 0 Å². The number of carbonyl (C=O) groups excluding carboxylic acids is 1. The molecule has 2 N–H and O–H groups in total. The lowest BCUT2D eigenvalue weighted by molar-refractivity contribution is 0.0946. The number of para-hydroxylation sites is 1. The zero-order chi connectivity index (χ0) is 18.5. The molecule has 0 saturated heterocycles. The second-order valence-corrected chi connectivity index (χ2v) is 6.43. The molecule has 0 unspecified atom stereocenters. The van der Waals surface area contributed by atoms with Crippen LogP contribution in [-0.2, 0) is 13.1 Å². The van der Waals surface area contributed by atoms with Crippen LogP contribution in [0.25, 0.3) is 10.9 Å². The molecule has 3 rings (SSSR count). The lowest BCUT2D eigenvalue weighted by Crippen LogP contribution is -2.25. The van der Waals surface area contributed by atoms with Gasteiger partial charge in [0.15, 0.2) is 5.43 Å². The van der Waals surface area contributed by atoms with E-state index < -0.39 is 0 Å². The quantitative estimate of drug-likeness (QED) is 0.719. The van der Waals surface area contributed by atoms with E-state index in [9.17, 15) is 9.59 Å². The fourth-order valence-corrected chi connectivity index (χ4v) is 2.86. The highest BCUT2D eigenvalue weighted by Gasteiger charge is 2.09. The van der Waals surface area contributed by atoms with Gasteiger partial charge in [-0.05, 0) is 36.9 Å². The van der Waals surface area contributed by atoms with Crippen LogP contribution in [0.4, 0.5) is 0 Å². The molecule has 0 fully saturated rings. The highest BCUT2D eigenvalue weighted by atomic mass is 16.2. The van der Waals surface area contributed by atoms with Gasteiger partial charge in [-0.1, -0.05) is 43.3 Å². The van der Waals surface area contributed by atoms with Crippen molar-refractivity contribution in [1.82, 2.24) is 15.2 Å². The zero-order valence-electron chi connectivity index (χ0n) is 15.1. The predicted molar refractivity (Wildman–Crippen MR) is 104 cm³/mol. The first kappa shape index (κ1) is 17.9. The van der Waals surface area contributed by atoms with Crippen LogP contribution in [-0.4, -0.2) is 29.4 Å². The molecule has 0 radical (unpaired) electrons. The molecule has 1 heterocycles. The topological polar surface area (TPSA) is 65.2 Å². The number of hydrogen-bond acceptors (Lipinski definition) is 3. The summed E-state index contributed by atoms with van der Waals surface area (Å²) in [6, 6.07) is 16.7. The molecule has 26 heavy (non-hydrogen) atoms. The number of hydrogen-bond donors (Lipinski definition) is 2. The molecule has 2 aromatic carbocycles. The number of aromatic amines is 1. The highest BCUT2D eigenvalue weighted by Crippen LogP contribution is 2.09. The van der Waals surface area contributed by atoms with Crippen molar-refractivity contribution in [3.63, 3.8) is 0 Å². The smallest absolute Gasteiger partial charge is 0.268 e. The monoisotopic (exact) mass is 349 g/mol. The molecule has 0 aliphatic heterocycles. The fourth-order valence-electron chi connectivity index (χ4n) is 2.86. The number of aromatic nitrogens is 1.